The van der Waals surface area contributed by atoms with Gasteiger partial charge < -0.3 is 27.9 Å². The molecule has 0 heterocycles. The van der Waals surface area contributed by atoms with Gasteiger partial charge in [0.2, 0.25) is 0 Å². The first kappa shape index (κ1) is 42.8. The van der Waals surface area contributed by atoms with E-state index in [0.717, 1.165) is 57.8 Å². The number of carbonyl (C=O) groups excluding carboxylic acids is 2. The van der Waals surface area contributed by atoms with Crippen molar-refractivity contribution in [1.82, 2.24) is 0 Å². The highest BCUT2D eigenvalue weighted by Gasteiger charge is 2.21. The van der Waals surface area contributed by atoms with Crippen molar-refractivity contribution in [3.63, 3.8) is 0 Å². The van der Waals surface area contributed by atoms with Crippen molar-refractivity contribution in [1.29, 1.82) is 0 Å². The average Bonchev–Trinajstić information content (AvgIpc) is 2.95. The van der Waals surface area contributed by atoms with Gasteiger partial charge >= 0.3 is 11.9 Å². The molecule has 10 heteroatoms. The van der Waals surface area contributed by atoms with Crippen molar-refractivity contribution < 1.29 is 42.1 Å². The topological polar surface area (TPSA) is 111 Å². The van der Waals surface area contributed by atoms with Crippen LogP contribution in [-0.2, 0) is 32.7 Å². The predicted molar refractivity (Wildman–Crippen MR) is 176 cm³/mol. The smallest absolute Gasteiger partial charge is 0.306 e. The largest absolute Gasteiger partial charge is 0.756 e. The molecule has 0 aliphatic heterocycles. The maximum absolute atomic E-state index is 12.5. The molecule has 260 valence electrons. The second-order valence-corrected chi connectivity index (χ2v) is 14.3. The van der Waals surface area contributed by atoms with Gasteiger partial charge in [0.1, 0.15) is 19.8 Å². The van der Waals surface area contributed by atoms with E-state index in [2.05, 4.69) is 26.0 Å². The first-order valence-electron chi connectivity index (χ1n) is 17.4. The number of rotatable bonds is 31. The summed E-state index contributed by atoms with van der Waals surface area (Å²) in [6.45, 7) is 4.13. The molecule has 9 nitrogen and oxygen atoms in total. The van der Waals surface area contributed by atoms with Gasteiger partial charge in [0.05, 0.1) is 27.7 Å². The summed E-state index contributed by atoms with van der Waals surface area (Å²) in [5.74, 6) is -0.849. The van der Waals surface area contributed by atoms with Gasteiger partial charge in [0, 0.05) is 12.8 Å². The molecule has 0 rings (SSSR count). The fourth-order valence-corrected chi connectivity index (χ4v) is 5.19. The van der Waals surface area contributed by atoms with Gasteiger partial charge in [-0.15, -0.1) is 0 Å². The van der Waals surface area contributed by atoms with E-state index in [1.54, 1.807) is 0 Å². The molecule has 0 spiro atoms. The maximum atomic E-state index is 12.5. The van der Waals surface area contributed by atoms with Gasteiger partial charge in [-0.2, -0.15) is 0 Å². The summed E-state index contributed by atoms with van der Waals surface area (Å²) in [5, 5.41) is 0. The molecule has 0 aromatic carbocycles. The Morgan fingerprint density at radius 3 is 1.75 bits per heavy atom. The fraction of sp³-hybridized carbons (Fsp3) is 0.882. The fourth-order valence-electron chi connectivity index (χ4n) is 4.46. The highest BCUT2D eigenvalue weighted by atomic mass is 31.2. The lowest BCUT2D eigenvalue weighted by molar-refractivity contribution is -0.870. The monoisotopic (exact) mass is 647 g/mol. The van der Waals surface area contributed by atoms with Crippen LogP contribution in [0.4, 0.5) is 0 Å². The van der Waals surface area contributed by atoms with E-state index in [1.807, 2.05) is 21.1 Å². The molecule has 0 aliphatic carbocycles. The number of phosphoric acid groups is 1. The Kier molecular flexibility index (Phi) is 27.2. The minimum atomic E-state index is -4.61. The number of carbonyl (C=O) groups is 2. The predicted octanol–water partition coefficient (Wildman–Crippen LogP) is 8.05. The summed E-state index contributed by atoms with van der Waals surface area (Å²) in [7, 11) is 1.16. The van der Waals surface area contributed by atoms with Crippen LogP contribution in [0.25, 0.3) is 0 Å². The van der Waals surface area contributed by atoms with E-state index in [1.165, 1.54) is 51.4 Å². The molecule has 0 amide bonds. The average molecular weight is 648 g/mol. The summed E-state index contributed by atoms with van der Waals surface area (Å²) in [6, 6.07) is 0. The van der Waals surface area contributed by atoms with Crippen LogP contribution in [0.15, 0.2) is 12.2 Å². The number of hydrogen-bond donors (Lipinski definition) is 0. The Morgan fingerprint density at radius 1 is 0.682 bits per heavy atom. The number of nitrogens with zero attached hydrogens (tertiary/aromatic N) is 1. The normalized spacial score (nSPS) is 14.0. The molecule has 0 fully saturated rings. The first-order valence-corrected chi connectivity index (χ1v) is 18.9. The summed E-state index contributed by atoms with van der Waals surface area (Å²) in [4.78, 5) is 37.1. The van der Waals surface area contributed by atoms with Gasteiger partial charge in [-0.25, -0.2) is 0 Å². The zero-order valence-electron chi connectivity index (χ0n) is 28.9. The van der Waals surface area contributed by atoms with Crippen LogP contribution in [0.5, 0.6) is 0 Å². The second-order valence-electron chi connectivity index (χ2n) is 12.9. The Balaban J connectivity index is 4.51. The van der Waals surface area contributed by atoms with Crippen molar-refractivity contribution >= 4 is 19.8 Å². The minimum absolute atomic E-state index is 0.0302. The van der Waals surface area contributed by atoms with E-state index in [9.17, 15) is 19.0 Å². The quantitative estimate of drug-likeness (QED) is 0.0244. The number of esters is 2. The van der Waals surface area contributed by atoms with Crippen molar-refractivity contribution in [2.75, 3.05) is 47.5 Å². The van der Waals surface area contributed by atoms with Gasteiger partial charge in [-0.05, 0) is 32.1 Å². The lowest BCUT2D eigenvalue weighted by atomic mass is 10.1. The Labute approximate surface area is 269 Å². The highest BCUT2D eigenvalue weighted by Crippen LogP contribution is 2.38. The van der Waals surface area contributed by atoms with Gasteiger partial charge in [-0.1, -0.05) is 109 Å². The van der Waals surface area contributed by atoms with Crippen LogP contribution in [0.1, 0.15) is 142 Å². The van der Waals surface area contributed by atoms with Gasteiger partial charge in [0.25, 0.3) is 7.82 Å². The molecule has 0 N–H and O–H groups in total. The molecule has 44 heavy (non-hydrogen) atoms. The van der Waals surface area contributed by atoms with E-state index >= 15 is 0 Å². The summed E-state index contributed by atoms with van der Waals surface area (Å²) >= 11 is 0. The van der Waals surface area contributed by atoms with Crippen molar-refractivity contribution in [2.45, 2.75) is 148 Å². The Morgan fingerprint density at radius 2 is 1.18 bits per heavy atom. The van der Waals surface area contributed by atoms with E-state index in [4.69, 9.17) is 18.5 Å². The Hall–Kier alpha value is -1.25. The standard InChI is InChI=1S/C34H66NO8P/c1-6-8-10-12-14-16-17-19-21-23-25-27-34(37)43-32(31-42-44(38,39)41-29-28-35(3,4)5)30-40-33(36)26-24-22-20-18-15-13-11-9-7-2/h12,14,32H,6-11,13,15-31H2,1-5H3/b14-12-. The molecule has 0 bridgehead atoms. The van der Waals surface area contributed by atoms with Crippen LogP contribution in [-0.4, -0.2) is 70.0 Å². The summed E-state index contributed by atoms with van der Waals surface area (Å²) in [5.41, 5.74) is 0. The van der Waals surface area contributed by atoms with Crippen molar-refractivity contribution in [3.8, 4) is 0 Å². The lowest BCUT2D eigenvalue weighted by Gasteiger charge is -2.28. The molecular formula is C34H66NO8P. The number of quaternary nitrogens is 1. The summed E-state index contributed by atoms with van der Waals surface area (Å²) in [6.07, 6.45) is 23.9. The molecule has 0 aromatic rings. The number of allylic oxidation sites excluding steroid dienone is 2. The van der Waals surface area contributed by atoms with E-state index in [0.29, 0.717) is 17.4 Å². The molecule has 0 aliphatic rings. The number of unbranched alkanes of at least 4 members (excludes halogenated alkanes) is 15. The third-order valence-corrected chi connectivity index (χ3v) is 8.25. The molecule has 0 saturated heterocycles. The number of hydrogen-bond acceptors (Lipinski definition) is 8. The third kappa shape index (κ3) is 30.8. The zero-order valence-corrected chi connectivity index (χ0v) is 29.8. The Bertz CT molecular complexity index is 784. The van der Waals surface area contributed by atoms with E-state index < -0.39 is 32.5 Å². The van der Waals surface area contributed by atoms with Gasteiger partial charge in [0.15, 0.2) is 6.10 Å². The van der Waals surface area contributed by atoms with Crippen LogP contribution in [0.3, 0.4) is 0 Å². The second kappa shape index (κ2) is 28.0. The number of phosphoric ester groups is 1. The number of likely N-dealkylation sites (N-methyl/N-ethyl adjacent to an activating group) is 1. The van der Waals surface area contributed by atoms with Crippen LogP contribution >= 0.6 is 7.82 Å². The molecular weight excluding hydrogens is 581 g/mol. The summed E-state index contributed by atoms with van der Waals surface area (Å²) < 4.78 is 33.6. The SMILES string of the molecule is CCCC/C=C\CCCCCCCC(=O)OC(COC(=O)CCCCCCCCCCC)COP(=O)([O-])OCC[N+](C)(C)C. The molecule has 2 unspecified atom stereocenters. The molecule has 0 saturated carbocycles. The van der Waals surface area contributed by atoms with Crippen LogP contribution in [0.2, 0.25) is 0 Å². The highest BCUT2D eigenvalue weighted by molar-refractivity contribution is 7.45. The molecule has 0 aromatic heterocycles. The first-order chi connectivity index (χ1) is 21.0. The molecule has 0 radical (unpaired) electrons. The molecule has 2 atom stereocenters. The maximum Gasteiger partial charge on any atom is 0.306 e. The van der Waals surface area contributed by atoms with Crippen molar-refractivity contribution in [3.05, 3.63) is 12.2 Å². The minimum Gasteiger partial charge on any atom is -0.756 e. The lowest BCUT2D eigenvalue weighted by Crippen LogP contribution is -2.37. The van der Waals surface area contributed by atoms with Crippen molar-refractivity contribution in [2.24, 2.45) is 0 Å². The van der Waals surface area contributed by atoms with E-state index in [-0.39, 0.29) is 26.1 Å². The van der Waals surface area contributed by atoms with Crippen LogP contribution in [0, 0.1) is 0 Å². The third-order valence-electron chi connectivity index (χ3n) is 7.29. The van der Waals surface area contributed by atoms with Gasteiger partial charge in [-0.3, -0.25) is 14.2 Å². The number of ether oxygens (including phenoxy) is 2. The van der Waals surface area contributed by atoms with Crippen LogP contribution < -0.4 is 4.89 Å². The zero-order chi connectivity index (χ0) is 32.9.